The number of nitrogens with zero attached hydrogens (tertiary/aromatic N) is 1. The number of methoxy groups -OCH3 is 1. The Morgan fingerprint density at radius 1 is 1.38 bits per heavy atom. The SMILES string of the molecule is COC(=O)C(C)C1(O)CCC(c2ccnc3ccc(F)cc23)CC1. The number of aromatic nitrogens is 1. The first kappa shape index (κ1) is 16.8. The summed E-state index contributed by atoms with van der Waals surface area (Å²) >= 11 is 0. The molecule has 4 nitrogen and oxygen atoms in total. The molecular weight excluding hydrogens is 309 g/mol. The van der Waals surface area contributed by atoms with Gasteiger partial charge in [-0.05, 0) is 68.4 Å². The predicted molar refractivity (Wildman–Crippen MR) is 89.0 cm³/mol. The van der Waals surface area contributed by atoms with Gasteiger partial charge in [-0.25, -0.2) is 4.39 Å². The van der Waals surface area contributed by atoms with E-state index in [0.717, 1.165) is 29.3 Å². The number of esters is 1. The molecule has 1 atom stereocenters. The maximum Gasteiger partial charge on any atom is 0.311 e. The third-order valence-corrected chi connectivity index (χ3v) is 5.39. The fourth-order valence-corrected chi connectivity index (χ4v) is 3.75. The number of carbonyl (C=O) groups is 1. The molecule has 1 aliphatic carbocycles. The van der Waals surface area contributed by atoms with E-state index >= 15 is 0 Å². The van der Waals surface area contributed by atoms with E-state index in [2.05, 4.69) is 4.98 Å². The Kier molecular flexibility index (Phi) is 4.54. The molecule has 3 rings (SSSR count). The van der Waals surface area contributed by atoms with E-state index in [1.54, 1.807) is 19.2 Å². The van der Waals surface area contributed by atoms with Crippen LogP contribution in [0.3, 0.4) is 0 Å². The number of hydrogen-bond acceptors (Lipinski definition) is 4. The monoisotopic (exact) mass is 331 g/mol. The Morgan fingerprint density at radius 2 is 2.08 bits per heavy atom. The lowest BCUT2D eigenvalue weighted by Gasteiger charge is -2.39. The van der Waals surface area contributed by atoms with Gasteiger partial charge >= 0.3 is 5.97 Å². The molecule has 0 radical (unpaired) electrons. The molecule has 1 saturated carbocycles. The largest absolute Gasteiger partial charge is 0.469 e. The zero-order valence-corrected chi connectivity index (χ0v) is 14.0. The van der Waals surface area contributed by atoms with Gasteiger partial charge in [0.25, 0.3) is 0 Å². The van der Waals surface area contributed by atoms with Crippen molar-refractivity contribution in [2.45, 2.75) is 44.1 Å². The molecule has 128 valence electrons. The predicted octanol–water partition coefficient (Wildman–Crippen LogP) is 3.57. The van der Waals surface area contributed by atoms with E-state index in [9.17, 15) is 14.3 Å². The van der Waals surface area contributed by atoms with Crippen LogP contribution in [0.4, 0.5) is 4.39 Å². The molecule has 5 heteroatoms. The van der Waals surface area contributed by atoms with Crippen molar-refractivity contribution in [1.29, 1.82) is 0 Å². The molecule has 1 N–H and O–H groups in total. The molecule has 0 bridgehead atoms. The van der Waals surface area contributed by atoms with E-state index in [1.165, 1.54) is 19.2 Å². The zero-order chi connectivity index (χ0) is 17.3. The van der Waals surface area contributed by atoms with E-state index in [1.807, 2.05) is 6.07 Å². The molecule has 24 heavy (non-hydrogen) atoms. The summed E-state index contributed by atoms with van der Waals surface area (Å²) in [5, 5.41) is 11.6. The van der Waals surface area contributed by atoms with Gasteiger partial charge in [-0.2, -0.15) is 0 Å². The quantitative estimate of drug-likeness (QED) is 0.874. The first-order valence-corrected chi connectivity index (χ1v) is 8.29. The van der Waals surface area contributed by atoms with Crippen LogP contribution in [0.25, 0.3) is 10.9 Å². The summed E-state index contributed by atoms with van der Waals surface area (Å²) in [6.07, 6.45) is 4.27. The van der Waals surface area contributed by atoms with Crippen LogP contribution < -0.4 is 0 Å². The molecule has 1 aromatic carbocycles. The molecule has 2 aromatic rings. The van der Waals surface area contributed by atoms with Gasteiger partial charge in [0, 0.05) is 11.6 Å². The first-order valence-electron chi connectivity index (χ1n) is 8.29. The van der Waals surface area contributed by atoms with Gasteiger partial charge in [-0.3, -0.25) is 9.78 Å². The summed E-state index contributed by atoms with van der Waals surface area (Å²) in [5.41, 5.74) is 0.808. The van der Waals surface area contributed by atoms with E-state index in [0.29, 0.717) is 12.8 Å². The van der Waals surface area contributed by atoms with Crippen molar-refractivity contribution in [2.75, 3.05) is 7.11 Å². The van der Waals surface area contributed by atoms with E-state index < -0.39 is 11.5 Å². The van der Waals surface area contributed by atoms with Gasteiger partial charge in [0.1, 0.15) is 5.82 Å². The van der Waals surface area contributed by atoms with Crippen LogP contribution in [0, 0.1) is 11.7 Å². The summed E-state index contributed by atoms with van der Waals surface area (Å²) in [4.78, 5) is 16.0. The molecule has 1 aromatic heterocycles. The van der Waals surface area contributed by atoms with Gasteiger partial charge in [0.15, 0.2) is 0 Å². The second kappa shape index (κ2) is 6.48. The summed E-state index contributed by atoms with van der Waals surface area (Å²) in [7, 11) is 1.34. The van der Waals surface area contributed by atoms with Crippen LogP contribution >= 0.6 is 0 Å². The Labute approximate surface area is 140 Å². The Hall–Kier alpha value is -2.01. The van der Waals surface area contributed by atoms with Crippen molar-refractivity contribution in [3.05, 3.63) is 41.8 Å². The van der Waals surface area contributed by atoms with E-state index in [4.69, 9.17) is 4.74 Å². The Morgan fingerprint density at radius 3 is 2.75 bits per heavy atom. The first-order chi connectivity index (χ1) is 11.4. The Balaban J connectivity index is 1.83. The summed E-state index contributed by atoms with van der Waals surface area (Å²) in [6, 6.07) is 6.56. The molecule has 0 saturated heterocycles. The molecule has 0 aliphatic heterocycles. The van der Waals surface area contributed by atoms with Gasteiger partial charge in [0.05, 0.1) is 24.1 Å². The number of rotatable bonds is 3. The molecular formula is C19H22FNO3. The van der Waals surface area contributed by atoms with Crippen LogP contribution in [0.15, 0.2) is 30.5 Å². The fourth-order valence-electron chi connectivity index (χ4n) is 3.75. The summed E-state index contributed by atoms with van der Waals surface area (Å²) in [5.74, 6) is -0.978. The molecule has 1 unspecified atom stereocenters. The average Bonchev–Trinajstić information content (AvgIpc) is 2.60. The molecule has 1 aliphatic rings. The van der Waals surface area contributed by atoms with Gasteiger partial charge < -0.3 is 9.84 Å². The molecule has 1 fully saturated rings. The third kappa shape index (κ3) is 3.00. The van der Waals surface area contributed by atoms with Crippen LogP contribution in [-0.4, -0.2) is 28.8 Å². The second-order valence-electron chi connectivity index (χ2n) is 6.68. The molecule has 0 spiro atoms. The number of aliphatic hydroxyl groups is 1. The van der Waals surface area contributed by atoms with Crippen molar-refractivity contribution >= 4 is 16.9 Å². The second-order valence-corrected chi connectivity index (χ2v) is 6.68. The highest BCUT2D eigenvalue weighted by atomic mass is 19.1. The smallest absolute Gasteiger partial charge is 0.311 e. The topological polar surface area (TPSA) is 59.4 Å². The normalized spacial score (nSPS) is 25.4. The standard InChI is InChI=1S/C19H22FNO3/c1-12(18(22)24-2)19(23)8-5-13(6-9-19)15-7-10-21-17-4-3-14(20)11-16(15)17/h3-4,7,10-13,23H,5-6,8-9H2,1-2H3. The third-order valence-electron chi connectivity index (χ3n) is 5.39. The number of pyridine rings is 1. The lowest BCUT2D eigenvalue weighted by Crippen LogP contribution is -2.44. The van der Waals surface area contributed by atoms with E-state index in [-0.39, 0.29) is 17.7 Å². The lowest BCUT2D eigenvalue weighted by atomic mass is 9.70. The number of halogens is 1. The number of ether oxygens (including phenoxy) is 1. The lowest BCUT2D eigenvalue weighted by molar-refractivity contribution is -0.157. The van der Waals surface area contributed by atoms with Gasteiger partial charge in [-0.15, -0.1) is 0 Å². The summed E-state index contributed by atoms with van der Waals surface area (Å²) < 4.78 is 18.4. The van der Waals surface area contributed by atoms with Crippen LogP contribution in [0.2, 0.25) is 0 Å². The number of fused-ring (bicyclic) bond motifs is 1. The van der Waals surface area contributed by atoms with Crippen LogP contribution in [0.1, 0.15) is 44.1 Å². The number of carbonyl (C=O) groups excluding carboxylic acids is 1. The van der Waals surface area contributed by atoms with Crippen molar-refractivity contribution in [1.82, 2.24) is 4.98 Å². The minimum atomic E-state index is -1.03. The number of hydrogen-bond donors (Lipinski definition) is 1. The van der Waals surface area contributed by atoms with Gasteiger partial charge in [0.2, 0.25) is 0 Å². The van der Waals surface area contributed by atoms with Crippen molar-refractivity contribution in [2.24, 2.45) is 5.92 Å². The van der Waals surface area contributed by atoms with Crippen LogP contribution in [0.5, 0.6) is 0 Å². The van der Waals surface area contributed by atoms with Gasteiger partial charge in [-0.1, -0.05) is 0 Å². The highest BCUT2D eigenvalue weighted by Crippen LogP contribution is 2.43. The van der Waals surface area contributed by atoms with Crippen molar-refractivity contribution < 1.29 is 19.0 Å². The highest BCUT2D eigenvalue weighted by molar-refractivity contribution is 5.82. The molecule has 0 amide bonds. The number of benzene rings is 1. The van der Waals surface area contributed by atoms with Crippen LogP contribution in [-0.2, 0) is 9.53 Å². The highest BCUT2D eigenvalue weighted by Gasteiger charge is 2.42. The maximum absolute atomic E-state index is 13.6. The minimum absolute atomic E-state index is 0.224. The average molecular weight is 331 g/mol. The minimum Gasteiger partial charge on any atom is -0.469 e. The van der Waals surface area contributed by atoms with Crippen molar-refractivity contribution in [3.8, 4) is 0 Å². The maximum atomic E-state index is 13.6. The fraction of sp³-hybridized carbons (Fsp3) is 0.474. The zero-order valence-electron chi connectivity index (χ0n) is 14.0. The summed E-state index contributed by atoms with van der Waals surface area (Å²) in [6.45, 7) is 1.71. The molecule has 1 heterocycles. The Bertz CT molecular complexity index is 753. The van der Waals surface area contributed by atoms with Crippen molar-refractivity contribution in [3.63, 3.8) is 0 Å².